The van der Waals surface area contributed by atoms with Gasteiger partial charge in [0.25, 0.3) is 0 Å². The Hall–Kier alpha value is -3.14. The molecule has 3 aromatic carbocycles. The average Bonchev–Trinajstić information content (AvgIpc) is 2.92. The number of nitrogens with one attached hydrogen (secondary N) is 1. The normalized spacial score (nSPS) is 14.5. The zero-order valence-corrected chi connectivity index (χ0v) is 23.1. The Morgan fingerprint density at radius 2 is 1.74 bits per heavy atom. The van der Waals surface area contributed by atoms with Crippen molar-refractivity contribution < 1.29 is 27.0 Å². The highest BCUT2D eigenvalue weighted by atomic mass is 35.5. The van der Waals surface area contributed by atoms with Gasteiger partial charge >= 0.3 is 6.18 Å². The summed E-state index contributed by atoms with van der Waals surface area (Å²) in [5.74, 6) is -0.109. The Morgan fingerprint density at radius 1 is 1.03 bits per heavy atom. The van der Waals surface area contributed by atoms with E-state index in [9.17, 15) is 27.0 Å². The molecule has 4 rings (SSSR count). The van der Waals surface area contributed by atoms with Crippen molar-refractivity contribution in [2.75, 3.05) is 11.5 Å². The molecule has 0 aromatic heterocycles. The first-order valence-electron chi connectivity index (χ1n) is 11.9. The number of amides is 1. The van der Waals surface area contributed by atoms with Gasteiger partial charge in [-0.2, -0.15) is 13.2 Å². The zero-order valence-electron chi connectivity index (χ0n) is 20.7. The molecule has 1 unspecified atom stereocenters. The summed E-state index contributed by atoms with van der Waals surface area (Å²) in [7, 11) is -1.09. The lowest BCUT2D eigenvalue weighted by molar-refractivity contribution is -0.137. The molecule has 1 N–H and O–H groups in total. The molecule has 1 atom stereocenters. The van der Waals surface area contributed by atoms with Crippen LogP contribution in [0.25, 0.3) is 5.57 Å². The molecule has 0 saturated carbocycles. The van der Waals surface area contributed by atoms with Crippen LogP contribution in [0.3, 0.4) is 0 Å². The number of carbonyl (C=O) groups is 2. The lowest BCUT2D eigenvalue weighted by Crippen LogP contribution is -2.25. The number of hydrogen-bond acceptors (Lipinski definition) is 4. The number of Topliss-reactive ketones (excluding diaryl/α,β-unsaturated/α-hetero) is 1. The van der Waals surface area contributed by atoms with Crippen LogP contribution in [-0.2, 0) is 28.2 Å². The summed E-state index contributed by atoms with van der Waals surface area (Å²) < 4.78 is 52.3. The lowest BCUT2D eigenvalue weighted by atomic mass is 9.93. The fourth-order valence-electron chi connectivity index (χ4n) is 3.97. The van der Waals surface area contributed by atoms with Gasteiger partial charge in [-0.3, -0.25) is 13.8 Å². The van der Waals surface area contributed by atoms with Crippen molar-refractivity contribution in [3.63, 3.8) is 0 Å². The smallest absolute Gasteiger partial charge is 0.320 e. The van der Waals surface area contributed by atoms with E-state index in [4.69, 9.17) is 11.6 Å². The highest BCUT2D eigenvalue weighted by Gasteiger charge is 2.31. The van der Waals surface area contributed by atoms with Crippen LogP contribution >= 0.6 is 23.4 Å². The monoisotopic (exact) mass is 589 g/mol. The summed E-state index contributed by atoms with van der Waals surface area (Å²) in [4.78, 5) is 26.9. The molecule has 1 heterocycles. The van der Waals surface area contributed by atoms with Gasteiger partial charge in [0.15, 0.2) is 5.78 Å². The van der Waals surface area contributed by atoms with Crippen molar-refractivity contribution in [2.24, 2.45) is 0 Å². The molecule has 0 saturated heterocycles. The summed E-state index contributed by atoms with van der Waals surface area (Å²) in [5.41, 5.74) is 0.881. The Labute approximate surface area is 235 Å². The number of rotatable bonds is 8. The first kappa shape index (κ1) is 28.9. The molecule has 0 radical (unpaired) electrons. The first-order valence-corrected chi connectivity index (χ1v) is 14.6. The van der Waals surface area contributed by atoms with Crippen molar-refractivity contribution in [1.29, 1.82) is 0 Å². The maximum atomic E-state index is 13.5. The molecule has 0 spiro atoms. The number of ketones is 1. The molecule has 1 amide bonds. The lowest BCUT2D eigenvalue weighted by Gasteiger charge is -2.21. The van der Waals surface area contributed by atoms with Gasteiger partial charge in [-0.05, 0) is 59.2 Å². The number of halogens is 4. The summed E-state index contributed by atoms with van der Waals surface area (Å²) in [5, 5.41) is 3.45. The maximum absolute atomic E-state index is 13.5. The van der Waals surface area contributed by atoms with E-state index in [1.165, 1.54) is 30.0 Å². The van der Waals surface area contributed by atoms with Crippen molar-refractivity contribution in [1.82, 2.24) is 5.32 Å². The second-order valence-corrected chi connectivity index (χ2v) is 11.7. The minimum absolute atomic E-state index is 0.0466. The summed E-state index contributed by atoms with van der Waals surface area (Å²) in [6, 6.07) is 18.1. The van der Waals surface area contributed by atoms with Crippen molar-refractivity contribution in [2.45, 2.75) is 24.4 Å². The SMILES string of the molecule is CCS(=O)c1ccc(CC(=O)NC2=CC(c3cccc(C(F)(F)F)c3)=C(C(=O)c3ccccc3Cl)CS2)cc1. The predicted octanol–water partition coefficient (Wildman–Crippen LogP) is 7.07. The predicted molar refractivity (Wildman–Crippen MR) is 150 cm³/mol. The second kappa shape index (κ2) is 12.4. The van der Waals surface area contributed by atoms with Crippen LogP contribution in [0.15, 0.2) is 94.4 Å². The van der Waals surface area contributed by atoms with Crippen molar-refractivity contribution in [3.8, 4) is 0 Å². The first-order chi connectivity index (χ1) is 18.6. The van der Waals surface area contributed by atoms with Gasteiger partial charge in [-0.15, -0.1) is 11.8 Å². The number of benzene rings is 3. The Kier molecular flexibility index (Phi) is 9.15. The van der Waals surface area contributed by atoms with Gasteiger partial charge in [0.05, 0.1) is 32.8 Å². The number of allylic oxidation sites excluding steroid dienone is 2. The van der Waals surface area contributed by atoms with E-state index < -0.39 is 28.3 Å². The number of hydrogen-bond donors (Lipinski definition) is 1. The molecule has 1 aliphatic heterocycles. The molecule has 0 fully saturated rings. The van der Waals surface area contributed by atoms with Crippen LogP contribution in [0.5, 0.6) is 0 Å². The van der Waals surface area contributed by atoms with Crippen LogP contribution in [0.4, 0.5) is 13.2 Å². The minimum Gasteiger partial charge on any atom is -0.320 e. The third-order valence-electron chi connectivity index (χ3n) is 5.94. The maximum Gasteiger partial charge on any atom is 0.416 e. The van der Waals surface area contributed by atoms with E-state index in [1.807, 2.05) is 6.92 Å². The summed E-state index contributed by atoms with van der Waals surface area (Å²) in [6.45, 7) is 1.82. The zero-order chi connectivity index (χ0) is 28.2. The molecular formula is C29H23ClF3NO3S2. The largest absolute Gasteiger partial charge is 0.416 e. The molecule has 10 heteroatoms. The topological polar surface area (TPSA) is 63.2 Å². The van der Waals surface area contributed by atoms with Gasteiger partial charge in [0.1, 0.15) is 0 Å². The number of alkyl halides is 3. The van der Waals surface area contributed by atoms with E-state index in [-0.39, 0.29) is 45.4 Å². The highest BCUT2D eigenvalue weighted by molar-refractivity contribution is 8.03. The van der Waals surface area contributed by atoms with Gasteiger partial charge in [-0.25, -0.2) is 0 Å². The van der Waals surface area contributed by atoms with Crippen LogP contribution < -0.4 is 5.32 Å². The van der Waals surface area contributed by atoms with Gasteiger partial charge in [0.2, 0.25) is 5.91 Å². The molecule has 1 aliphatic rings. The Morgan fingerprint density at radius 3 is 2.41 bits per heavy atom. The number of thioether (sulfide) groups is 1. The van der Waals surface area contributed by atoms with E-state index >= 15 is 0 Å². The standard InChI is InChI=1S/C29H23ClF3NO3S2/c1-2-39(37)21-12-10-18(11-13-21)14-26(35)34-27-16-23(19-6-5-7-20(15-19)29(31,32)33)24(17-38-27)28(36)22-8-3-4-9-25(22)30/h3-13,15-16H,2,14,17H2,1H3,(H,34,35). The fraction of sp³-hybridized carbons (Fsp3) is 0.172. The Balaban J connectivity index is 1.65. The molecule has 202 valence electrons. The molecule has 4 nitrogen and oxygen atoms in total. The molecule has 0 aliphatic carbocycles. The van der Waals surface area contributed by atoms with Crippen molar-refractivity contribution >= 4 is 51.4 Å². The molecule has 3 aromatic rings. The van der Waals surface area contributed by atoms with E-state index in [0.29, 0.717) is 21.2 Å². The highest BCUT2D eigenvalue weighted by Crippen LogP contribution is 2.37. The van der Waals surface area contributed by atoms with Crippen molar-refractivity contribution in [3.05, 3.63) is 117 Å². The summed E-state index contributed by atoms with van der Waals surface area (Å²) in [6.07, 6.45) is -2.99. The number of carbonyl (C=O) groups excluding carboxylic acids is 2. The quantitative estimate of drug-likeness (QED) is 0.286. The Bertz CT molecular complexity index is 1500. The minimum atomic E-state index is -4.56. The van der Waals surface area contributed by atoms with Gasteiger partial charge < -0.3 is 5.32 Å². The molecule has 39 heavy (non-hydrogen) atoms. The van der Waals surface area contributed by atoms with Gasteiger partial charge in [0, 0.05) is 27.5 Å². The van der Waals surface area contributed by atoms with E-state index in [0.717, 1.165) is 12.1 Å². The van der Waals surface area contributed by atoms with Crippen LogP contribution in [0.2, 0.25) is 5.02 Å². The third kappa shape index (κ3) is 7.09. The van der Waals surface area contributed by atoms with E-state index in [1.54, 1.807) is 48.5 Å². The van der Waals surface area contributed by atoms with Gasteiger partial charge in [-0.1, -0.05) is 54.9 Å². The fourth-order valence-corrected chi connectivity index (χ4v) is 5.94. The van der Waals surface area contributed by atoms with Crippen LogP contribution in [0.1, 0.15) is 34.0 Å². The van der Waals surface area contributed by atoms with Crippen LogP contribution in [0, 0.1) is 0 Å². The second-order valence-electron chi connectivity index (χ2n) is 8.58. The van der Waals surface area contributed by atoms with E-state index in [2.05, 4.69) is 5.32 Å². The molecule has 0 bridgehead atoms. The average molecular weight is 590 g/mol. The summed E-state index contributed by atoms with van der Waals surface area (Å²) >= 11 is 7.44. The molecular weight excluding hydrogens is 567 g/mol. The van der Waals surface area contributed by atoms with Crippen LogP contribution in [-0.4, -0.2) is 27.4 Å². The third-order valence-corrected chi connectivity index (χ3v) is 8.56.